The lowest BCUT2D eigenvalue weighted by Crippen LogP contribution is -2.44. The van der Waals surface area contributed by atoms with Crippen molar-refractivity contribution in [3.63, 3.8) is 0 Å². The highest BCUT2D eigenvalue weighted by Crippen LogP contribution is 2.34. The molecule has 0 saturated carbocycles. The fourth-order valence-corrected chi connectivity index (χ4v) is 4.35. The van der Waals surface area contributed by atoms with E-state index in [1.54, 1.807) is 22.4 Å². The van der Waals surface area contributed by atoms with Crippen molar-refractivity contribution in [2.24, 2.45) is 5.92 Å². The van der Waals surface area contributed by atoms with Crippen LogP contribution in [0.5, 0.6) is 0 Å². The molecule has 8 heteroatoms. The Balaban J connectivity index is 1.66. The van der Waals surface area contributed by atoms with Crippen molar-refractivity contribution in [1.29, 1.82) is 0 Å². The average Bonchev–Trinajstić information content (AvgIpc) is 3.20. The summed E-state index contributed by atoms with van der Waals surface area (Å²) in [4.78, 5) is 18.6. The van der Waals surface area contributed by atoms with Crippen LogP contribution in [0.1, 0.15) is 45.3 Å². The maximum atomic E-state index is 12.6. The Kier molecular flexibility index (Phi) is 7.97. The number of anilines is 1. The fraction of sp³-hybridized carbons (Fsp3) is 0.545. The minimum atomic E-state index is -0.506. The summed E-state index contributed by atoms with van der Waals surface area (Å²) in [6, 6.07) is 7.79. The number of hydrogen-bond donors (Lipinski definition) is 1. The summed E-state index contributed by atoms with van der Waals surface area (Å²) >= 11 is 7.81. The third-order valence-corrected chi connectivity index (χ3v) is 5.79. The second kappa shape index (κ2) is 10.5. The van der Waals surface area contributed by atoms with Gasteiger partial charge in [0.25, 0.3) is 0 Å². The van der Waals surface area contributed by atoms with E-state index in [-0.39, 0.29) is 18.1 Å². The van der Waals surface area contributed by atoms with Gasteiger partial charge >= 0.3 is 6.09 Å². The molecule has 0 aliphatic carbocycles. The molecule has 3 rings (SSSR count). The van der Waals surface area contributed by atoms with E-state index in [2.05, 4.69) is 10.3 Å². The Hall–Kier alpha value is -1.83. The number of ether oxygens (including phenoxy) is 2. The number of halogens is 1. The first-order chi connectivity index (χ1) is 14.3. The smallest absolute Gasteiger partial charge is 0.410 e. The molecule has 0 spiro atoms. The monoisotopic (exact) mass is 451 g/mol. The van der Waals surface area contributed by atoms with E-state index in [1.165, 1.54) is 0 Å². The molecular formula is C22H30ClN3O3S. The number of likely N-dealkylation sites (tertiary alicyclic amines) is 1. The molecular weight excluding hydrogens is 422 g/mol. The molecule has 1 N–H and O–H groups in total. The summed E-state index contributed by atoms with van der Waals surface area (Å²) in [5.41, 5.74) is 0.529. The topological polar surface area (TPSA) is 63.7 Å². The molecule has 1 aromatic carbocycles. The highest BCUT2D eigenvalue weighted by molar-refractivity contribution is 7.13. The predicted molar refractivity (Wildman–Crippen MR) is 121 cm³/mol. The van der Waals surface area contributed by atoms with Gasteiger partial charge in [-0.2, -0.15) is 0 Å². The Bertz CT molecular complexity index is 810. The van der Waals surface area contributed by atoms with Crippen molar-refractivity contribution in [3.8, 4) is 0 Å². The van der Waals surface area contributed by atoms with Crippen LogP contribution in [0.4, 0.5) is 9.93 Å². The van der Waals surface area contributed by atoms with Gasteiger partial charge in [0.05, 0.1) is 12.7 Å². The molecule has 0 bridgehead atoms. The van der Waals surface area contributed by atoms with Gasteiger partial charge in [-0.1, -0.05) is 23.7 Å². The molecule has 1 aliphatic heterocycles. The minimum Gasteiger partial charge on any atom is -0.444 e. The third-order valence-electron chi connectivity index (χ3n) is 4.82. The molecule has 1 saturated heterocycles. The van der Waals surface area contributed by atoms with Crippen molar-refractivity contribution in [2.75, 3.05) is 31.6 Å². The fourth-order valence-electron chi connectivity index (χ4n) is 3.59. The van der Waals surface area contributed by atoms with Crippen LogP contribution >= 0.6 is 22.9 Å². The Labute approximate surface area is 187 Å². The summed E-state index contributed by atoms with van der Waals surface area (Å²) in [5, 5.41) is 6.77. The number of benzene rings is 1. The lowest BCUT2D eigenvalue weighted by atomic mass is 9.88. The first kappa shape index (κ1) is 22.8. The van der Waals surface area contributed by atoms with Gasteiger partial charge < -0.3 is 19.7 Å². The molecule has 2 heterocycles. The van der Waals surface area contributed by atoms with Crippen molar-refractivity contribution in [2.45, 2.75) is 45.3 Å². The predicted octanol–water partition coefficient (Wildman–Crippen LogP) is 5.61. The molecule has 1 aromatic heterocycles. The van der Waals surface area contributed by atoms with E-state index in [0.29, 0.717) is 31.3 Å². The van der Waals surface area contributed by atoms with E-state index in [0.717, 1.165) is 23.5 Å². The van der Waals surface area contributed by atoms with Gasteiger partial charge in [0.15, 0.2) is 5.13 Å². The average molecular weight is 452 g/mol. The Morgan fingerprint density at radius 1 is 1.43 bits per heavy atom. The van der Waals surface area contributed by atoms with Crippen LogP contribution in [0, 0.1) is 5.92 Å². The summed E-state index contributed by atoms with van der Waals surface area (Å²) < 4.78 is 11.9. The van der Waals surface area contributed by atoms with E-state index in [1.807, 2.05) is 50.4 Å². The molecule has 0 unspecified atom stereocenters. The highest BCUT2D eigenvalue weighted by Gasteiger charge is 2.33. The molecule has 164 valence electrons. The maximum absolute atomic E-state index is 12.6. The number of thiazole rings is 1. The summed E-state index contributed by atoms with van der Waals surface area (Å²) in [6.45, 7) is 8.16. The third kappa shape index (κ3) is 6.86. The molecule has 1 fully saturated rings. The number of carbonyl (C=O) groups is 1. The molecule has 0 radical (unpaired) electrons. The normalized spacial score (nSPS) is 18.1. The number of nitrogens with zero attached hydrogens (tertiary/aromatic N) is 2. The van der Waals surface area contributed by atoms with E-state index in [9.17, 15) is 4.79 Å². The lowest BCUT2D eigenvalue weighted by Gasteiger charge is -2.37. The Morgan fingerprint density at radius 3 is 2.97 bits per heavy atom. The van der Waals surface area contributed by atoms with Crippen LogP contribution < -0.4 is 5.32 Å². The van der Waals surface area contributed by atoms with Crippen LogP contribution in [0.15, 0.2) is 35.8 Å². The molecule has 30 heavy (non-hydrogen) atoms. The van der Waals surface area contributed by atoms with Gasteiger partial charge in [0.1, 0.15) is 5.60 Å². The number of hydrogen-bond acceptors (Lipinski definition) is 6. The number of piperidine rings is 1. The molecule has 6 nitrogen and oxygen atoms in total. The van der Waals surface area contributed by atoms with Crippen molar-refractivity contribution in [1.82, 2.24) is 9.88 Å². The van der Waals surface area contributed by atoms with Crippen molar-refractivity contribution < 1.29 is 14.3 Å². The van der Waals surface area contributed by atoms with Gasteiger partial charge in [0.2, 0.25) is 0 Å². The molecule has 1 amide bonds. The van der Waals surface area contributed by atoms with E-state index in [4.69, 9.17) is 21.1 Å². The second-order valence-electron chi connectivity index (χ2n) is 8.44. The van der Waals surface area contributed by atoms with E-state index < -0.39 is 5.60 Å². The minimum absolute atomic E-state index is 0.146. The quantitative estimate of drug-likeness (QED) is 0.554. The first-order valence-corrected chi connectivity index (χ1v) is 11.6. The number of rotatable bonds is 7. The van der Waals surface area contributed by atoms with Gasteiger partial charge in [-0.3, -0.25) is 0 Å². The highest BCUT2D eigenvalue weighted by atomic mass is 35.5. The second-order valence-corrected chi connectivity index (χ2v) is 9.77. The standard InChI is InChI=1S/C22H30ClN3O3S/c1-22(2,3)29-21(27)26-11-5-7-17(15-26)19(16-6-4-8-18(23)14-16)28-12-9-24-20-25-10-13-30-20/h4,6,8,10,13-14,17,19H,5,7,9,11-12,15H2,1-3H3,(H,24,25)/t17-,19+/m1/s1. The number of aromatic nitrogens is 1. The summed E-state index contributed by atoms with van der Waals surface area (Å²) in [6.07, 6.45) is 3.27. The van der Waals surface area contributed by atoms with Crippen LogP contribution in [0.3, 0.4) is 0 Å². The molecule has 1 aliphatic rings. The summed E-state index contributed by atoms with van der Waals surface area (Å²) in [7, 11) is 0. The van der Waals surface area contributed by atoms with Gasteiger partial charge in [0, 0.05) is 42.2 Å². The first-order valence-electron chi connectivity index (χ1n) is 10.3. The van der Waals surface area contributed by atoms with Gasteiger partial charge in [-0.05, 0) is 51.3 Å². The number of amides is 1. The van der Waals surface area contributed by atoms with Crippen molar-refractivity contribution >= 4 is 34.2 Å². The SMILES string of the molecule is CC(C)(C)OC(=O)N1CCC[C@@H]([C@@H](OCCNc2nccs2)c2cccc(Cl)c2)C1. The zero-order chi connectivity index (χ0) is 21.6. The zero-order valence-electron chi connectivity index (χ0n) is 17.8. The van der Waals surface area contributed by atoms with Gasteiger partial charge in [-0.15, -0.1) is 11.3 Å². The number of nitrogens with one attached hydrogen (secondary N) is 1. The van der Waals surface area contributed by atoms with E-state index >= 15 is 0 Å². The summed E-state index contributed by atoms with van der Waals surface area (Å²) in [5.74, 6) is 0.171. The van der Waals surface area contributed by atoms with Crippen LogP contribution in [0.2, 0.25) is 5.02 Å². The zero-order valence-corrected chi connectivity index (χ0v) is 19.3. The number of carbonyl (C=O) groups excluding carboxylic acids is 1. The van der Waals surface area contributed by atoms with Gasteiger partial charge in [-0.25, -0.2) is 9.78 Å². The van der Waals surface area contributed by atoms with Crippen LogP contribution in [0.25, 0.3) is 0 Å². The van der Waals surface area contributed by atoms with Crippen molar-refractivity contribution in [3.05, 3.63) is 46.4 Å². The van der Waals surface area contributed by atoms with Crippen LogP contribution in [-0.4, -0.2) is 47.8 Å². The lowest BCUT2D eigenvalue weighted by molar-refractivity contribution is -0.0227. The Morgan fingerprint density at radius 2 is 2.27 bits per heavy atom. The van der Waals surface area contributed by atoms with Crippen LogP contribution in [-0.2, 0) is 9.47 Å². The molecule has 2 atom stereocenters. The molecule has 2 aromatic rings. The maximum Gasteiger partial charge on any atom is 0.410 e. The largest absolute Gasteiger partial charge is 0.444 e.